The van der Waals surface area contributed by atoms with Crippen molar-refractivity contribution in [3.63, 3.8) is 0 Å². The van der Waals surface area contributed by atoms with Crippen LogP contribution in [0.3, 0.4) is 0 Å². The molecule has 2 rings (SSSR count). The Morgan fingerprint density at radius 1 is 1.33 bits per heavy atom. The molecule has 1 aliphatic heterocycles. The van der Waals surface area contributed by atoms with Crippen molar-refractivity contribution in [1.29, 1.82) is 0 Å². The topological polar surface area (TPSA) is 53.6 Å². The summed E-state index contributed by atoms with van der Waals surface area (Å²) in [5.74, 6) is 0. The molecule has 2 fully saturated rings. The summed E-state index contributed by atoms with van der Waals surface area (Å²) in [6.45, 7) is 7.90. The van der Waals surface area contributed by atoms with Crippen LogP contribution in [0.2, 0.25) is 0 Å². The van der Waals surface area contributed by atoms with E-state index < -0.39 is 5.60 Å². The Labute approximate surface area is 109 Å². The zero-order valence-electron chi connectivity index (χ0n) is 11.8. The summed E-state index contributed by atoms with van der Waals surface area (Å²) in [4.78, 5) is 13.9. The first-order chi connectivity index (χ1) is 8.33. The van der Waals surface area contributed by atoms with Crippen molar-refractivity contribution in [3.8, 4) is 0 Å². The smallest absolute Gasteiger partial charge is 0.407 e. The fraction of sp³-hybridized carbons (Fsp3) is 0.923. The second-order valence-corrected chi connectivity index (χ2v) is 6.51. The molecule has 0 spiro atoms. The van der Waals surface area contributed by atoms with Crippen LogP contribution in [0.15, 0.2) is 0 Å². The minimum Gasteiger partial charge on any atom is -0.444 e. The minimum absolute atomic E-state index is 0.241. The third-order valence-electron chi connectivity index (χ3n) is 3.33. The van der Waals surface area contributed by atoms with Gasteiger partial charge in [0.1, 0.15) is 5.60 Å². The largest absolute Gasteiger partial charge is 0.444 e. The van der Waals surface area contributed by atoms with Gasteiger partial charge in [0.25, 0.3) is 0 Å². The standard InChI is InChI=1S/C13H25N3O2/c1-13(2,3)18-12(17)15-11-7-10(11)14-9-5-6-16(4)8-9/h9-11,14H,5-8H2,1-4H3,(H,15,17). The monoisotopic (exact) mass is 255 g/mol. The molecular weight excluding hydrogens is 230 g/mol. The zero-order valence-corrected chi connectivity index (χ0v) is 11.8. The Balaban J connectivity index is 1.64. The van der Waals surface area contributed by atoms with Crippen molar-refractivity contribution < 1.29 is 9.53 Å². The van der Waals surface area contributed by atoms with Crippen LogP contribution in [0.4, 0.5) is 4.79 Å². The van der Waals surface area contributed by atoms with Gasteiger partial charge >= 0.3 is 6.09 Å². The lowest BCUT2D eigenvalue weighted by molar-refractivity contribution is 0.0522. The number of likely N-dealkylation sites (N-methyl/N-ethyl adjacent to an activating group) is 1. The molecule has 0 bridgehead atoms. The van der Waals surface area contributed by atoms with Crippen LogP contribution in [0.25, 0.3) is 0 Å². The van der Waals surface area contributed by atoms with E-state index in [1.807, 2.05) is 20.8 Å². The lowest BCUT2D eigenvalue weighted by atomic mass is 10.2. The summed E-state index contributed by atoms with van der Waals surface area (Å²) in [6.07, 6.45) is 1.91. The van der Waals surface area contributed by atoms with Crippen LogP contribution < -0.4 is 10.6 Å². The first-order valence-electron chi connectivity index (χ1n) is 6.77. The normalized spacial score (nSPS) is 32.3. The number of nitrogens with one attached hydrogen (secondary N) is 2. The maximum absolute atomic E-state index is 11.6. The molecule has 1 saturated carbocycles. The van der Waals surface area contributed by atoms with Crippen LogP contribution in [0.5, 0.6) is 0 Å². The van der Waals surface area contributed by atoms with Crippen molar-refractivity contribution in [2.45, 2.75) is 57.3 Å². The number of alkyl carbamates (subject to hydrolysis) is 1. The Morgan fingerprint density at radius 2 is 2.06 bits per heavy atom. The number of rotatable bonds is 3. The molecule has 0 aromatic heterocycles. The maximum atomic E-state index is 11.6. The highest BCUT2D eigenvalue weighted by Gasteiger charge is 2.41. The number of ether oxygens (including phenoxy) is 1. The number of carbonyl (C=O) groups excluding carboxylic acids is 1. The van der Waals surface area contributed by atoms with Crippen LogP contribution in [-0.4, -0.2) is 54.9 Å². The lowest BCUT2D eigenvalue weighted by Crippen LogP contribution is -2.40. The summed E-state index contributed by atoms with van der Waals surface area (Å²) >= 11 is 0. The second kappa shape index (κ2) is 5.05. The molecule has 0 radical (unpaired) electrons. The Kier molecular flexibility index (Phi) is 3.82. The molecule has 5 heteroatoms. The molecule has 3 atom stereocenters. The van der Waals surface area contributed by atoms with Crippen molar-refractivity contribution in [1.82, 2.24) is 15.5 Å². The summed E-state index contributed by atoms with van der Waals surface area (Å²) in [7, 11) is 2.14. The van der Waals surface area contributed by atoms with Gasteiger partial charge in [-0.05, 0) is 47.2 Å². The number of nitrogens with zero attached hydrogens (tertiary/aromatic N) is 1. The Bertz CT molecular complexity index is 314. The van der Waals surface area contributed by atoms with E-state index in [-0.39, 0.29) is 12.1 Å². The number of amides is 1. The number of hydrogen-bond acceptors (Lipinski definition) is 4. The van der Waals surface area contributed by atoms with E-state index in [9.17, 15) is 4.79 Å². The second-order valence-electron chi connectivity index (χ2n) is 6.51. The van der Waals surface area contributed by atoms with E-state index in [4.69, 9.17) is 4.74 Å². The van der Waals surface area contributed by atoms with E-state index in [1.165, 1.54) is 6.42 Å². The first kappa shape index (κ1) is 13.6. The SMILES string of the molecule is CN1CCC(NC2CC2NC(=O)OC(C)(C)C)C1. The maximum Gasteiger partial charge on any atom is 0.407 e. The molecular formula is C13H25N3O2. The van der Waals surface area contributed by atoms with Gasteiger partial charge in [-0.1, -0.05) is 0 Å². The van der Waals surface area contributed by atoms with Gasteiger partial charge in [-0.2, -0.15) is 0 Å². The van der Waals surface area contributed by atoms with Gasteiger partial charge in [-0.3, -0.25) is 0 Å². The van der Waals surface area contributed by atoms with Gasteiger partial charge in [0.15, 0.2) is 0 Å². The molecule has 18 heavy (non-hydrogen) atoms. The average Bonchev–Trinajstić information content (AvgIpc) is 2.74. The van der Waals surface area contributed by atoms with Gasteiger partial charge in [0, 0.05) is 24.7 Å². The van der Waals surface area contributed by atoms with Crippen molar-refractivity contribution >= 4 is 6.09 Å². The third-order valence-corrected chi connectivity index (χ3v) is 3.33. The first-order valence-corrected chi connectivity index (χ1v) is 6.77. The van der Waals surface area contributed by atoms with Gasteiger partial charge in [0.2, 0.25) is 0 Å². The molecule has 1 aliphatic carbocycles. The van der Waals surface area contributed by atoms with E-state index >= 15 is 0 Å². The van der Waals surface area contributed by atoms with Gasteiger partial charge in [-0.15, -0.1) is 0 Å². The highest BCUT2D eigenvalue weighted by atomic mass is 16.6. The predicted octanol–water partition coefficient (Wildman–Crippen LogP) is 0.946. The fourth-order valence-corrected chi connectivity index (χ4v) is 2.37. The molecule has 1 amide bonds. The molecule has 1 heterocycles. The van der Waals surface area contributed by atoms with Crippen LogP contribution in [0, 0.1) is 0 Å². The highest BCUT2D eigenvalue weighted by molar-refractivity contribution is 5.68. The van der Waals surface area contributed by atoms with E-state index in [0.717, 1.165) is 19.5 Å². The van der Waals surface area contributed by atoms with Crippen molar-refractivity contribution in [2.75, 3.05) is 20.1 Å². The quantitative estimate of drug-likeness (QED) is 0.788. The van der Waals surface area contributed by atoms with Gasteiger partial charge in [-0.25, -0.2) is 4.79 Å². The minimum atomic E-state index is -0.421. The predicted molar refractivity (Wildman–Crippen MR) is 70.6 cm³/mol. The summed E-state index contributed by atoms with van der Waals surface area (Å²) < 4.78 is 5.24. The van der Waals surface area contributed by atoms with Crippen molar-refractivity contribution in [3.05, 3.63) is 0 Å². The molecule has 2 aliphatic rings. The summed E-state index contributed by atoms with van der Waals surface area (Å²) in [6, 6.07) is 1.24. The average molecular weight is 255 g/mol. The lowest BCUT2D eigenvalue weighted by Gasteiger charge is -2.20. The number of carbonyl (C=O) groups is 1. The van der Waals surface area contributed by atoms with E-state index in [0.29, 0.717) is 12.1 Å². The molecule has 3 unspecified atom stereocenters. The summed E-state index contributed by atoms with van der Waals surface area (Å²) in [5, 5.41) is 6.50. The molecule has 0 aromatic carbocycles. The van der Waals surface area contributed by atoms with Gasteiger partial charge in [0.05, 0.1) is 0 Å². The molecule has 2 N–H and O–H groups in total. The number of hydrogen-bond donors (Lipinski definition) is 2. The Hall–Kier alpha value is -0.810. The molecule has 0 aromatic rings. The summed E-state index contributed by atoms with van der Waals surface area (Å²) in [5.41, 5.74) is -0.421. The van der Waals surface area contributed by atoms with E-state index in [1.54, 1.807) is 0 Å². The van der Waals surface area contributed by atoms with Crippen LogP contribution >= 0.6 is 0 Å². The van der Waals surface area contributed by atoms with E-state index in [2.05, 4.69) is 22.6 Å². The number of likely N-dealkylation sites (tertiary alicyclic amines) is 1. The molecule has 5 nitrogen and oxygen atoms in total. The Morgan fingerprint density at radius 3 is 2.61 bits per heavy atom. The van der Waals surface area contributed by atoms with Gasteiger partial charge < -0.3 is 20.3 Å². The highest BCUT2D eigenvalue weighted by Crippen LogP contribution is 2.24. The van der Waals surface area contributed by atoms with Crippen molar-refractivity contribution in [2.24, 2.45) is 0 Å². The van der Waals surface area contributed by atoms with Crippen LogP contribution in [0.1, 0.15) is 33.6 Å². The molecule has 1 saturated heterocycles. The third kappa shape index (κ3) is 4.14. The van der Waals surface area contributed by atoms with Crippen LogP contribution in [-0.2, 0) is 4.74 Å². The fourth-order valence-electron chi connectivity index (χ4n) is 2.37. The molecule has 104 valence electrons. The zero-order chi connectivity index (χ0) is 13.3.